The molecule has 0 fully saturated rings. The molecule has 2 rings (SSSR count). The van der Waals surface area contributed by atoms with E-state index in [2.05, 4.69) is 0 Å². The van der Waals surface area contributed by atoms with E-state index in [9.17, 15) is 23.3 Å². The summed E-state index contributed by atoms with van der Waals surface area (Å²) in [5, 5.41) is 20.1. The average Bonchev–Trinajstić information content (AvgIpc) is 2.99. The molecule has 122 valence electrons. The molecule has 1 aliphatic rings. The van der Waals surface area contributed by atoms with E-state index in [0.29, 0.717) is 12.0 Å². The molecule has 0 spiro atoms. The van der Waals surface area contributed by atoms with Gasteiger partial charge in [0.1, 0.15) is 0 Å². The number of nitro benzene ring substituents is 1. The second kappa shape index (κ2) is 6.71. The van der Waals surface area contributed by atoms with Gasteiger partial charge in [-0.05, 0) is 12.5 Å². The predicted octanol–water partition coefficient (Wildman–Crippen LogP) is 2.03. The molecule has 0 aromatic heterocycles. The molecule has 1 atom stereocenters. The van der Waals surface area contributed by atoms with Crippen molar-refractivity contribution in [3.63, 3.8) is 0 Å². The Labute approximate surface area is 132 Å². The van der Waals surface area contributed by atoms with Gasteiger partial charge in [0.2, 0.25) is 0 Å². The maximum Gasteiger partial charge on any atom is 0.334 e. The lowest BCUT2D eigenvalue weighted by Gasteiger charge is -2.14. The van der Waals surface area contributed by atoms with Crippen LogP contribution in [0.4, 0.5) is 5.69 Å². The van der Waals surface area contributed by atoms with E-state index in [1.807, 2.05) is 0 Å². The highest BCUT2D eigenvalue weighted by Gasteiger charge is 2.32. The number of aliphatic carboxylic acids is 1. The fourth-order valence-electron chi connectivity index (χ4n) is 2.07. The Bertz CT molecular complexity index is 795. The number of rotatable bonds is 7. The first kappa shape index (κ1) is 16.8. The lowest BCUT2D eigenvalue weighted by molar-refractivity contribution is -0.387. The first-order valence-corrected chi connectivity index (χ1v) is 7.96. The topological polar surface area (TPSA) is 124 Å². The number of nitrogens with zero attached hydrogens (tertiary/aromatic N) is 1. The van der Waals surface area contributed by atoms with Crippen LogP contribution in [0.2, 0.25) is 0 Å². The van der Waals surface area contributed by atoms with Gasteiger partial charge in [-0.2, -0.15) is 8.42 Å². The Kier molecular flexibility index (Phi) is 4.92. The lowest BCUT2D eigenvalue weighted by Crippen LogP contribution is -2.28. The van der Waals surface area contributed by atoms with E-state index < -0.39 is 37.7 Å². The minimum absolute atomic E-state index is 0.123. The number of hydrogen-bond acceptors (Lipinski definition) is 6. The summed E-state index contributed by atoms with van der Waals surface area (Å²) in [5.74, 6) is -1.46. The summed E-state index contributed by atoms with van der Waals surface area (Å²) in [6.45, 7) is 0. The van der Waals surface area contributed by atoms with Crippen LogP contribution < -0.4 is 0 Å². The summed E-state index contributed by atoms with van der Waals surface area (Å²) in [7, 11) is -4.59. The summed E-state index contributed by atoms with van der Waals surface area (Å²) >= 11 is 0. The molecule has 0 bridgehead atoms. The standard InChI is InChI=1S/C14H13NO7S/c16-14(17)12(9-10-5-1-2-6-10)22-23(20,21)13-8-4-3-7-11(13)15(18)19/h1-5,7-8,12H,6,9H2,(H,16,17)/t12-/m1/s1. The van der Waals surface area contributed by atoms with Gasteiger partial charge in [-0.3, -0.25) is 14.3 Å². The summed E-state index contributed by atoms with van der Waals surface area (Å²) in [6, 6.07) is 4.61. The molecule has 0 heterocycles. The molecule has 0 radical (unpaired) electrons. The fourth-order valence-corrected chi connectivity index (χ4v) is 3.27. The molecule has 0 amide bonds. The molecule has 23 heavy (non-hydrogen) atoms. The van der Waals surface area contributed by atoms with Crippen molar-refractivity contribution >= 4 is 21.8 Å². The lowest BCUT2D eigenvalue weighted by atomic mass is 10.1. The highest BCUT2D eigenvalue weighted by molar-refractivity contribution is 7.87. The summed E-state index contributed by atoms with van der Waals surface area (Å²) in [5.41, 5.74) is 0.0357. The summed E-state index contributed by atoms with van der Waals surface area (Å²) in [6.07, 6.45) is 3.94. The van der Waals surface area contributed by atoms with E-state index in [4.69, 9.17) is 9.29 Å². The Morgan fingerprint density at radius 2 is 2.09 bits per heavy atom. The number of carbonyl (C=O) groups is 1. The summed E-state index contributed by atoms with van der Waals surface area (Å²) < 4.78 is 29.2. The minimum Gasteiger partial charge on any atom is -0.479 e. The van der Waals surface area contributed by atoms with Gasteiger partial charge in [0.05, 0.1) is 4.92 Å². The first-order chi connectivity index (χ1) is 10.8. The van der Waals surface area contributed by atoms with Gasteiger partial charge in [0.15, 0.2) is 11.0 Å². The van der Waals surface area contributed by atoms with Gasteiger partial charge in [0.25, 0.3) is 5.69 Å². The minimum atomic E-state index is -4.59. The van der Waals surface area contributed by atoms with Crippen LogP contribution in [-0.4, -0.2) is 30.5 Å². The predicted molar refractivity (Wildman–Crippen MR) is 79.2 cm³/mol. The molecule has 0 saturated carbocycles. The van der Waals surface area contributed by atoms with Gasteiger partial charge in [-0.15, -0.1) is 0 Å². The molecule has 0 saturated heterocycles. The second-order valence-corrected chi connectivity index (χ2v) is 6.30. The molecule has 1 N–H and O–H groups in total. The number of nitro groups is 1. The molecule has 1 aromatic carbocycles. The number of benzene rings is 1. The van der Waals surface area contributed by atoms with Gasteiger partial charge in [-0.1, -0.05) is 35.9 Å². The van der Waals surface area contributed by atoms with E-state index in [1.165, 1.54) is 12.1 Å². The number of hydrogen-bond donors (Lipinski definition) is 1. The SMILES string of the molecule is O=C(O)[C@@H](CC1=CC=CC1)OS(=O)(=O)c1ccccc1[N+](=O)[O-]. The van der Waals surface area contributed by atoms with E-state index in [-0.39, 0.29) is 6.42 Å². The number of allylic oxidation sites excluding steroid dienone is 3. The van der Waals surface area contributed by atoms with Crippen molar-refractivity contribution < 1.29 is 27.4 Å². The molecule has 0 unspecified atom stereocenters. The third kappa shape index (κ3) is 4.02. The molecule has 1 aromatic rings. The monoisotopic (exact) mass is 339 g/mol. The third-order valence-corrected chi connectivity index (χ3v) is 4.51. The quantitative estimate of drug-likeness (QED) is 0.458. The zero-order chi connectivity index (χ0) is 17.0. The Balaban J connectivity index is 2.28. The van der Waals surface area contributed by atoms with Crippen molar-refractivity contribution in [3.8, 4) is 0 Å². The van der Waals surface area contributed by atoms with Crippen molar-refractivity contribution in [1.29, 1.82) is 0 Å². The van der Waals surface area contributed by atoms with Gasteiger partial charge in [0, 0.05) is 12.5 Å². The zero-order valence-electron chi connectivity index (χ0n) is 11.8. The van der Waals surface area contributed by atoms with Crippen molar-refractivity contribution in [3.05, 3.63) is 58.2 Å². The maximum absolute atomic E-state index is 12.2. The van der Waals surface area contributed by atoms with E-state index in [1.54, 1.807) is 18.2 Å². The van der Waals surface area contributed by atoms with Crippen LogP contribution in [0, 0.1) is 10.1 Å². The zero-order valence-corrected chi connectivity index (χ0v) is 12.6. The summed E-state index contributed by atoms with van der Waals surface area (Å²) in [4.78, 5) is 20.6. The maximum atomic E-state index is 12.2. The Hall–Kier alpha value is -2.52. The van der Waals surface area contributed by atoms with Crippen molar-refractivity contribution in [2.75, 3.05) is 0 Å². The Morgan fingerprint density at radius 3 is 2.65 bits per heavy atom. The normalized spacial score (nSPS) is 15.2. The van der Waals surface area contributed by atoms with E-state index >= 15 is 0 Å². The van der Waals surface area contributed by atoms with Gasteiger partial charge < -0.3 is 5.11 Å². The van der Waals surface area contributed by atoms with Crippen molar-refractivity contribution in [2.24, 2.45) is 0 Å². The van der Waals surface area contributed by atoms with Crippen LogP contribution in [0.25, 0.3) is 0 Å². The number of para-hydroxylation sites is 1. The highest BCUT2D eigenvalue weighted by atomic mass is 32.2. The van der Waals surface area contributed by atoms with Crippen LogP contribution >= 0.6 is 0 Å². The third-order valence-electron chi connectivity index (χ3n) is 3.15. The van der Waals surface area contributed by atoms with Crippen molar-refractivity contribution in [2.45, 2.75) is 23.8 Å². The van der Waals surface area contributed by atoms with Crippen LogP contribution in [0.15, 0.2) is 53.0 Å². The number of carboxylic acid groups (broad SMARTS) is 1. The number of carboxylic acids is 1. The van der Waals surface area contributed by atoms with Crippen LogP contribution in [0.3, 0.4) is 0 Å². The van der Waals surface area contributed by atoms with Gasteiger partial charge >= 0.3 is 16.1 Å². The largest absolute Gasteiger partial charge is 0.479 e. The van der Waals surface area contributed by atoms with Crippen molar-refractivity contribution in [1.82, 2.24) is 0 Å². The molecule has 1 aliphatic carbocycles. The molecule has 8 nitrogen and oxygen atoms in total. The van der Waals surface area contributed by atoms with Crippen LogP contribution in [0.1, 0.15) is 12.8 Å². The molecular weight excluding hydrogens is 326 g/mol. The fraction of sp³-hybridized carbons (Fsp3) is 0.214. The van der Waals surface area contributed by atoms with Crippen LogP contribution in [-0.2, 0) is 19.1 Å². The molecule has 0 aliphatic heterocycles. The van der Waals surface area contributed by atoms with E-state index in [0.717, 1.165) is 12.1 Å². The highest BCUT2D eigenvalue weighted by Crippen LogP contribution is 2.27. The van der Waals surface area contributed by atoms with Gasteiger partial charge in [-0.25, -0.2) is 4.79 Å². The second-order valence-electron chi connectivity index (χ2n) is 4.76. The molecule has 9 heteroatoms. The first-order valence-electron chi connectivity index (χ1n) is 6.55. The average molecular weight is 339 g/mol. The Morgan fingerprint density at radius 1 is 1.39 bits per heavy atom. The molecular formula is C14H13NO7S. The smallest absolute Gasteiger partial charge is 0.334 e. The van der Waals surface area contributed by atoms with Crippen LogP contribution in [0.5, 0.6) is 0 Å².